The fourth-order valence-electron chi connectivity index (χ4n) is 0.763. The van der Waals surface area contributed by atoms with E-state index in [0.29, 0.717) is 10.7 Å². The second-order valence-corrected chi connectivity index (χ2v) is 2.39. The average Bonchev–Trinajstić information content (AvgIpc) is 2.10. The molecule has 1 aromatic rings. The number of para-hydroxylation sites is 1. The predicted octanol–water partition coefficient (Wildman–Crippen LogP) is 2.11. The van der Waals surface area contributed by atoms with Gasteiger partial charge in [0.2, 0.25) is 0 Å². The zero-order chi connectivity index (χ0) is 8.97. The van der Waals surface area contributed by atoms with E-state index in [-0.39, 0.29) is 0 Å². The van der Waals surface area contributed by atoms with Gasteiger partial charge in [-0.2, -0.15) is 15.4 Å². The summed E-state index contributed by atoms with van der Waals surface area (Å²) in [6.07, 6.45) is 3.39. The molecule has 0 aliphatic carbocycles. The van der Waals surface area contributed by atoms with Crippen molar-refractivity contribution in [3.8, 4) is 12.4 Å². The molecule has 0 spiro atoms. The van der Waals surface area contributed by atoms with Crippen molar-refractivity contribution in [2.75, 3.05) is 4.90 Å². The molecule has 1 aromatic carbocycles. The third-order valence-electron chi connectivity index (χ3n) is 1.29. The molecule has 0 saturated carbocycles. The summed E-state index contributed by atoms with van der Waals surface area (Å²) in [6, 6.07) is 6.68. The summed E-state index contributed by atoms with van der Waals surface area (Å²) < 4.78 is 0. The van der Waals surface area contributed by atoms with Crippen molar-refractivity contribution < 1.29 is 0 Å². The molecule has 0 aliphatic rings. The van der Waals surface area contributed by atoms with Crippen LogP contribution in [0, 0.1) is 22.9 Å². The van der Waals surface area contributed by atoms with Crippen LogP contribution in [0.25, 0.3) is 0 Å². The Morgan fingerprint density at radius 1 is 1.17 bits per heavy atom. The van der Waals surface area contributed by atoms with Crippen molar-refractivity contribution in [1.29, 1.82) is 10.5 Å². The molecular formula is C8H4ClN3. The lowest BCUT2D eigenvalue weighted by Gasteiger charge is -2.05. The number of hydrogen-bond acceptors (Lipinski definition) is 3. The van der Waals surface area contributed by atoms with E-state index >= 15 is 0 Å². The van der Waals surface area contributed by atoms with Crippen LogP contribution in [0.5, 0.6) is 0 Å². The third-order valence-corrected chi connectivity index (χ3v) is 1.61. The quantitative estimate of drug-likeness (QED) is 0.488. The minimum atomic E-state index is 0.389. The summed E-state index contributed by atoms with van der Waals surface area (Å²) >= 11 is 5.73. The SMILES string of the molecule is N#CN(C#N)c1ccccc1Cl. The van der Waals surface area contributed by atoms with Gasteiger partial charge in [-0.15, -0.1) is 0 Å². The van der Waals surface area contributed by atoms with Crippen molar-refractivity contribution in [3.63, 3.8) is 0 Å². The Hall–Kier alpha value is -1.71. The van der Waals surface area contributed by atoms with Crippen LogP contribution in [0.1, 0.15) is 0 Å². The molecular weight excluding hydrogens is 174 g/mol. The fraction of sp³-hybridized carbons (Fsp3) is 0. The zero-order valence-corrected chi connectivity index (χ0v) is 6.78. The maximum absolute atomic E-state index is 8.50. The molecule has 4 heteroatoms. The number of nitriles is 2. The molecule has 0 N–H and O–H groups in total. The first kappa shape index (κ1) is 8.39. The van der Waals surface area contributed by atoms with Crippen molar-refractivity contribution >= 4 is 17.3 Å². The maximum Gasteiger partial charge on any atom is 0.198 e. The number of rotatable bonds is 1. The third kappa shape index (κ3) is 1.47. The van der Waals surface area contributed by atoms with Crippen molar-refractivity contribution in [1.82, 2.24) is 0 Å². The second-order valence-electron chi connectivity index (χ2n) is 1.99. The molecule has 58 valence electrons. The molecule has 0 aliphatic heterocycles. The van der Waals surface area contributed by atoms with Crippen LogP contribution in [0.2, 0.25) is 5.02 Å². The van der Waals surface area contributed by atoms with Gasteiger partial charge in [-0.3, -0.25) is 0 Å². The first-order valence-corrected chi connectivity index (χ1v) is 3.51. The lowest BCUT2D eigenvalue weighted by atomic mass is 10.3. The van der Waals surface area contributed by atoms with E-state index in [9.17, 15) is 0 Å². The molecule has 0 saturated heterocycles. The van der Waals surface area contributed by atoms with Crippen molar-refractivity contribution in [3.05, 3.63) is 29.3 Å². The molecule has 0 bridgehead atoms. The Labute approximate surface area is 75.0 Å². The van der Waals surface area contributed by atoms with Gasteiger partial charge < -0.3 is 0 Å². The Morgan fingerprint density at radius 3 is 2.25 bits per heavy atom. The van der Waals surface area contributed by atoms with E-state index in [1.54, 1.807) is 36.7 Å². The number of nitrogens with zero attached hydrogens (tertiary/aromatic N) is 3. The van der Waals surface area contributed by atoms with E-state index < -0.39 is 0 Å². The Balaban J connectivity index is 3.13. The molecule has 12 heavy (non-hydrogen) atoms. The van der Waals surface area contributed by atoms with Gasteiger partial charge >= 0.3 is 0 Å². The van der Waals surface area contributed by atoms with Crippen LogP contribution < -0.4 is 4.90 Å². The van der Waals surface area contributed by atoms with Crippen LogP contribution in [-0.2, 0) is 0 Å². The molecule has 0 atom stereocenters. The van der Waals surface area contributed by atoms with Gasteiger partial charge in [0.1, 0.15) is 0 Å². The monoisotopic (exact) mass is 177 g/mol. The first-order valence-electron chi connectivity index (χ1n) is 3.13. The van der Waals surface area contributed by atoms with Gasteiger partial charge in [0, 0.05) is 0 Å². The molecule has 0 unspecified atom stereocenters. The van der Waals surface area contributed by atoms with Gasteiger partial charge in [0.15, 0.2) is 12.4 Å². The highest BCUT2D eigenvalue weighted by molar-refractivity contribution is 6.33. The molecule has 0 heterocycles. The highest BCUT2D eigenvalue weighted by atomic mass is 35.5. The summed E-state index contributed by atoms with van der Waals surface area (Å²) in [5.41, 5.74) is 0.407. The van der Waals surface area contributed by atoms with E-state index in [0.717, 1.165) is 4.90 Å². The van der Waals surface area contributed by atoms with Crippen LogP contribution in [-0.4, -0.2) is 0 Å². The van der Waals surface area contributed by atoms with Gasteiger partial charge in [0.25, 0.3) is 0 Å². The van der Waals surface area contributed by atoms with Crippen molar-refractivity contribution in [2.45, 2.75) is 0 Å². The molecule has 0 fully saturated rings. The second kappa shape index (κ2) is 3.61. The molecule has 0 aromatic heterocycles. The number of anilines is 1. The standard InChI is InChI=1S/C8H4ClN3/c9-7-3-1-2-4-8(7)12(5-10)6-11/h1-4H. The number of benzene rings is 1. The smallest absolute Gasteiger partial charge is 0.181 e. The normalized spacial score (nSPS) is 8.25. The van der Waals surface area contributed by atoms with Gasteiger partial charge in [-0.05, 0) is 12.1 Å². The Kier molecular flexibility index (Phi) is 2.53. The van der Waals surface area contributed by atoms with Crippen LogP contribution in [0.15, 0.2) is 24.3 Å². The average molecular weight is 178 g/mol. The summed E-state index contributed by atoms with van der Waals surface area (Å²) in [5.74, 6) is 0. The van der Waals surface area contributed by atoms with E-state index in [4.69, 9.17) is 22.1 Å². The minimum absolute atomic E-state index is 0.389. The first-order chi connectivity index (χ1) is 5.79. The number of halogens is 1. The summed E-state index contributed by atoms with van der Waals surface area (Å²) in [5, 5.41) is 17.4. The summed E-state index contributed by atoms with van der Waals surface area (Å²) in [4.78, 5) is 0.850. The fourth-order valence-corrected chi connectivity index (χ4v) is 0.983. The minimum Gasteiger partial charge on any atom is -0.181 e. The van der Waals surface area contributed by atoms with Crippen LogP contribution in [0.3, 0.4) is 0 Å². The predicted molar refractivity (Wildman–Crippen MR) is 45.2 cm³/mol. The zero-order valence-electron chi connectivity index (χ0n) is 6.03. The topological polar surface area (TPSA) is 50.8 Å². The van der Waals surface area contributed by atoms with E-state index in [2.05, 4.69) is 0 Å². The van der Waals surface area contributed by atoms with E-state index in [1.807, 2.05) is 0 Å². The van der Waals surface area contributed by atoms with E-state index in [1.165, 1.54) is 0 Å². The largest absolute Gasteiger partial charge is 0.198 e. The lowest BCUT2D eigenvalue weighted by molar-refractivity contribution is 1.26. The molecule has 3 nitrogen and oxygen atoms in total. The molecule has 0 amide bonds. The highest BCUT2D eigenvalue weighted by Gasteiger charge is 2.06. The van der Waals surface area contributed by atoms with Gasteiger partial charge in [-0.1, -0.05) is 23.7 Å². The highest BCUT2D eigenvalue weighted by Crippen LogP contribution is 2.23. The van der Waals surface area contributed by atoms with Gasteiger partial charge in [0.05, 0.1) is 10.7 Å². The summed E-state index contributed by atoms with van der Waals surface area (Å²) in [7, 11) is 0. The maximum atomic E-state index is 8.50. The van der Waals surface area contributed by atoms with Gasteiger partial charge in [-0.25, -0.2) is 0 Å². The van der Waals surface area contributed by atoms with Crippen LogP contribution >= 0.6 is 11.6 Å². The van der Waals surface area contributed by atoms with Crippen molar-refractivity contribution in [2.24, 2.45) is 0 Å². The molecule has 0 radical (unpaired) electrons. The lowest BCUT2D eigenvalue weighted by Crippen LogP contribution is -2.07. The molecule has 1 rings (SSSR count). The Morgan fingerprint density at radius 2 is 1.75 bits per heavy atom. The van der Waals surface area contributed by atoms with Crippen LogP contribution in [0.4, 0.5) is 5.69 Å². The Bertz CT molecular complexity index is 347. The number of hydrogen-bond donors (Lipinski definition) is 0. The summed E-state index contributed by atoms with van der Waals surface area (Å²) in [6.45, 7) is 0.